The molecule has 3 rings (SSSR count). The van der Waals surface area contributed by atoms with E-state index in [1.165, 1.54) is 0 Å². The van der Waals surface area contributed by atoms with Gasteiger partial charge in [-0.15, -0.1) is 0 Å². The Kier molecular flexibility index (Phi) is 6.91. The van der Waals surface area contributed by atoms with Gasteiger partial charge in [-0.1, -0.05) is 12.1 Å². The fourth-order valence-corrected chi connectivity index (χ4v) is 3.34. The average molecular weight is 424 g/mol. The minimum Gasteiger partial charge on any atom is -0.493 e. The van der Waals surface area contributed by atoms with Gasteiger partial charge in [0.2, 0.25) is 0 Å². The first-order chi connectivity index (χ1) is 14.8. The number of nitrogens with one attached hydrogen (secondary N) is 2. The first-order valence-electron chi connectivity index (χ1n) is 10.0. The zero-order valence-corrected chi connectivity index (χ0v) is 18.9. The first kappa shape index (κ1) is 22.3. The smallest absolute Gasteiger partial charge is 0.281 e. The maximum Gasteiger partial charge on any atom is 0.281 e. The van der Waals surface area contributed by atoms with Crippen LogP contribution in [-0.4, -0.2) is 49.0 Å². The van der Waals surface area contributed by atoms with Crippen LogP contribution in [0.3, 0.4) is 0 Å². The van der Waals surface area contributed by atoms with Crippen LogP contribution in [0.2, 0.25) is 0 Å². The molecule has 0 aliphatic carbocycles. The van der Waals surface area contributed by atoms with Gasteiger partial charge in [0.1, 0.15) is 11.7 Å². The van der Waals surface area contributed by atoms with Gasteiger partial charge in [0.25, 0.3) is 5.56 Å². The zero-order chi connectivity index (χ0) is 22.5. The lowest BCUT2D eigenvalue weighted by Gasteiger charge is -2.13. The van der Waals surface area contributed by atoms with E-state index in [9.17, 15) is 4.79 Å². The summed E-state index contributed by atoms with van der Waals surface area (Å²) in [5.74, 6) is 2.60. The molecule has 0 unspecified atom stereocenters. The first-order valence-corrected chi connectivity index (χ1v) is 10.0. The van der Waals surface area contributed by atoms with Crippen molar-refractivity contribution in [2.45, 2.75) is 26.9 Å². The van der Waals surface area contributed by atoms with Crippen LogP contribution in [0.25, 0.3) is 10.9 Å². The Morgan fingerprint density at radius 3 is 2.65 bits per heavy atom. The average Bonchev–Trinajstić information content (AvgIpc) is 2.73. The normalized spacial score (nSPS) is 11.6. The highest BCUT2D eigenvalue weighted by Gasteiger charge is 2.15. The van der Waals surface area contributed by atoms with E-state index in [1.807, 2.05) is 57.1 Å². The Labute approximate surface area is 181 Å². The van der Waals surface area contributed by atoms with Crippen molar-refractivity contribution in [3.63, 3.8) is 0 Å². The van der Waals surface area contributed by atoms with Crippen LogP contribution in [0.1, 0.15) is 23.9 Å². The molecule has 0 aliphatic heterocycles. The minimum absolute atomic E-state index is 0.292. The quantitative estimate of drug-likeness (QED) is 0.448. The molecular weight excluding hydrogens is 394 g/mol. The lowest BCUT2D eigenvalue weighted by molar-refractivity contribution is 0.354. The third kappa shape index (κ3) is 5.03. The molecule has 0 radical (unpaired) electrons. The van der Waals surface area contributed by atoms with Crippen molar-refractivity contribution in [3.8, 4) is 11.5 Å². The van der Waals surface area contributed by atoms with Gasteiger partial charge in [0.05, 0.1) is 37.4 Å². The fraction of sp³-hybridized carbons (Fsp3) is 0.348. The van der Waals surface area contributed by atoms with Crippen molar-refractivity contribution >= 4 is 22.4 Å². The maximum atomic E-state index is 12.6. The van der Waals surface area contributed by atoms with Crippen LogP contribution in [0.15, 0.2) is 40.1 Å². The topological polar surface area (TPSA) is 91.8 Å². The number of aromatic nitrogens is 2. The van der Waals surface area contributed by atoms with Crippen molar-refractivity contribution < 1.29 is 9.47 Å². The van der Waals surface area contributed by atoms with Crippen molar-refractivity contribution in [2.75, 3.05) is 28.3 Å². The third-order valence-corrected chi connectivity index (χ3v) is 5.11. The number of hydrogen-bond acceptors (Lipinski definition) is 6. The van der Waals surface area contributed by atoms with Gasteiger partial charge >= 0.3 is 0 Å². The number of methoxy groups -OCH3 is 2. The Bertz CT molecular complexity index is 1170. The summed E-state index contributed by atoms with van der Waals surface area (Å²) in [5.41, 5.74) is 3.08. The number of rotatable bonds is 7. The van der Waals surface area contributed by atoms with Gasteiger partial charge in [-0.2, -0.15) is 4.98 Å². The molecular formula is C23H29N5O3. The molecule has 8 heteroatoms. The summed E-state index contributed by atoms with van der Waals surface area (Å²) in [5, 5.41) is 3.83. The van der Waals surface area contributed by atoms with Crippen LogP contribution in [0.5, 0.6) is 11.5 Å². The number of aryl methyl sites for hydroxylation is 1. The van der Waals surface area contributed by atoms with Gasteiger partial charge in [0, 0.05) is 32.3 Å². The third-order valence-electron chi connectivity index (χ3n) is 5.11. The summed E-state index contributed by atoms with van der Waals surface area (Å²) in [6, 6.07) is 9.80. The minimum atomic E-state index is -0.292. The molecule has 164 valence electrons. The van der Waals surface area contributed by atoms with Crippen molar-refractivity contribution in [1.82, 2.24) is 20.2 Å². The van der Waals surface area contributed by atoms with Gasteiger partial charge in [-0.3, -0.25) is 4.79 Å². The van der Waals surface area contributed by atoms with Crippen LogP contribution in [0, 0.1) is 6.92 Å². The van der Waals surface area contributed by atoms with Gasteiger partial charge < -0.3 is 24.7 Å². The second-order valence-corrected chi connectivity index (χ2v) is 7.48. The van der Waals surface area contributed by atoms with E-state index < -0.39 is 0 Å². The van der Waals surface area contributed by atoms with Crippen LogP contribution >= 0.6 is 0 Å². The number of amidine groups is 1. The van der Waals surface area contributed by atoms with E-state index in [0.29, 0.717) is 46.9 Å². The number of ether oxygens (including phenoxy) is 2. The van der Waals surface area contributed by atoms with Gasteiger partial charge in [0.15, 0.2) is 11.5 Å². The molecule has 3 aromatic rings. The van der Waals surface area contributed by atoms with E-state index in [0.717, 1.165) is 17.1 Å². The zero-order valence-electron chi connectivity index (χ0n) is 18.9. The van der Waals surface area contributed by atoms with Crippen molar-refractivity contribution in [3.05, 3.63) is 57.6 Å². The summed E-state index contributed by atoms with van der Waals surface area (Å²) >= 11 is 0. The SMILES string of the molecule is COc1cc2[nH]c(CNCc3cccc(/N=C(\C)N(C)C)c3)nc(=O)c2c(C)c1OC. The van der Waals surface area contributed by atoms with Crippen LogP contribution in [0.4, 0.5) is 5.69 Å². The fourth-order valence-electron chi connectivity index (χ4n) is 3.34. The molecule has 0 saturated heterocycles. The molecule has 31 heavy (non-hydrogen) atoms. The molecule has 0 aliphatic rings. The number of aliphatic imine (C=N–C) groups is 1. The Morgan fingerprint density at radius 2 is 1.97 bits per heavy atom. The van der Waals surface area contributed by atoms with Crippen LogP contribution in [-0.2, 0) is 13.1 Å². The number of hydrogen-bond donors (Lipinski definition) is 2. The van der Waals surface area contributed by atoms with E-state index in [4.69, 9.17) is 9.47 Å². The second-order valence-electron chi connectivity index (χ2n) is 7.48. The predicted octanol–water partition coefficient (Wildman–Crippen LogP) is 3.15. The molecule has 8 nitrogen and oxygen atoms in total. The largest absolute Gasteiger partial charge is 0.493 e. The van der Waals surface area contributed by atoms with Crippen molar-refractivity contribution in [1.29, 1.82) is 0 Å². The van der Waals surface area contributed by atoms with Gasteiger partial charge in [-0.05, 0) is 31.5 Å². The predicted molar refractivity (Wildman–Crippen MR) is 124 cm³/mol. The molecule has 0 fully saturated rings. The lowest BCUT2D eigenvalue weighted by Crippen LogP contribution is -2.20. The van der Waals surface area contributed by atoms with Crippen LogP contribution < -0.4 is 20.3 Å². The standard InChI is InChI=1S/C23H29N5O3/c1-14-21-18(11-19(30-5)22(14)31-6)26-20(27-23(21)29)13-24-12-16-8-7-9-17(10-16)25-15(2)28(3)4/h7-11,24H,12-13H2,1-6H3,(H,26,27,29)/b25-15+. The summed E-state index contributed by atoms with van der Waals surface area (Å²) in [7, 11) is 7.06. The number of nitrogens with zero attached hydrogens (tertiary/aromatic N) is 3. The molecule has 0 atom stereocenters. The molecule has 1 aromatic heterocycles. The molecule has 2 aromatic carbocycles. The number of aromatic amines is 1. The second kappa shape index (κ2) is 9.61. The number of fused-ring (bicyclic) bond motifs is 1. The highest BCUT2D eigenvalue weighted by molar-refractivity contribution is 5.86. The van der Waals surface area contributed by atoms with Crippen molar-refractivity contribution in [2.24, 2.45) is 4.99 Å². The van der Waals surface area contributed by atoms with E-state index >= 15 is 0 Å². The summed E-state index contributed by atoms with van der Waals surface area (Å²) in [4.78, 5) is 26.7. The molecule has 0 amide bonds. The molecule has 0 bridgehead atoms. The number of benzene rings is 2. The maximum absolute atomic E-state index is 12.6. The monoisotopic (exact) mass is 423 g/mol. The molecule has 0 saturated carbocycles. The molecule has 1 heterocycles. The van der Waals surface area contributed by atoms with Gasteiger partial charge in [-0.25, -0.2) is 4.99 Å². The Balaban J connectivity index is 1.78. The molecule has 0 spiro atoms. The summed E-state index contributed by atoms with van der Waals surface area (Å²) in [6.07, 6.45) is 0. The highest BCUT2D eigenvalue weighted by Crippen LogP contribution is 2.34. The highest BCUT2D eigenvalue weighted by atomic mass is 16.5. The summed E-state index contributed by atoms with van der Waals surface area (Å²) < 4.78 is 10.8. The van der Waals surface area contributed by atoms with E-state index in [1.54, 1.807) is 20.3 Å². The molecule has 2 N–H and O–H groups in total. The Morgan fingerprint density at radius 1 is 1.19 bits per heavy atom. The Hall–Kier alpha value is -3.39. The number of H-pyrrole nitrogens is 1. The van der Waals surface area contributed by atoms with E-state index in [2.05, 4.69) is 20.3 Å². The lowest BCUT2D eigenvalue weighted by atomic mass is 10.1. The van der Waals surface area contributed by atoms with E-state index in [-0.39, 0.29) is 5.56 Å². The summed E-state index contributed by atoms with van der Waals surface area (Å²) in [6.45, 7) is 4.84.